The second-order valence-electron chi connectivity index (χ2n) is 9.95. The third-order valence-electron chi connectivity index (χ3n) is 7.51. The third-order valence-corrected chi connectivity index (χ3v) is 7.51. The van der Waals surface area contributed by atoms with Crippen molar-refractivity contribution in [1.29, 1.82) is 0 Å². The van der Waals surface area contributed by atoms with Gasteiger partial charge in [0.2, 0.25) is 0 Å². The Morgan fingerprint density at radius 3 is 2.65 bits per heavy atom. The van der Waals surface area contributed by atoms with Gasteiger partial charge in [0.1, 0.15) is 5.82 Å². The van der Waals surface area contributed by atoms with Crippen molar-refractivity contribution in [2.45, 2.75) is 38.0 Å². The van der Waals surface area contributed by atoms with E-state index in [0.717, 1.165) is 53.6 Å². The maximum absolute atomic E-state index is 15.5. The number of hydrogen-bond donors (Lipinski definition) is 2. The molecule has 2 aromatic carbocycles. The Hall–Kier alpha value is -3.32. The molecule has 2 aliphatic carbocycles. The standard InChI is InChI=1S/C27H28FN5O/c1-14-22-21(32-31-14)9-8-20-25(22)23-15-4-5-16(12-15)24(23)26(30-20)18-7-6-17(13-19(18)28)27(34)29-10-11-33(2)3/h6-9,13,15-16H,4-5,10-12H2,1-3H3,(H,29,34)(H,31,32). The Morgan fingerprint density at radius 2 is 1.88 bits per heavy atom. The van der Waals surface area contributed by atoms with Gasteiger partial charge in [0.25, 0.3) is 5.91 Å². The summed E-state index contributed by atoms with van der Waals surface area (Å²) in [6.07, 6.45) is 3.38. The lowest BCUT2D eigenvalue weighted by atomic mass is 9.85. The van der Waals surface area contributed by atoms with E-state index < -0.39 is 5.82 Å². The molecular formula is C27H28FN5O. The van der Waals surface area contributed by atoms with Crippen LogP contribution in [0, 0.1) is 12.7 Å². The van der Waals surface area contributed by atoms with Gasteiger partial charge in [-0.1, -0.05) is 0 Å². The van der Waals surface area contributed by atoms with Crippen LogP contribution in [0.4, 0.5) is 4.39 Å². The highest BCUT2D eigenvalue weighted by molar-refractivity contribution is 6.10. The monoisotopic (exact) mass is 457 g/mol. The molecule has 2 atom stereocenters. The number of halogens is 1. The summed E-state index contributed by atoms with van der Waals surface area (Å²) in [6.45, 7) is 3.29. The van der Waals surface area contributed by atoms with E-state index in [1.807, 2.05) is 38.1 Å². The lowest BCUT2D eigenvalue weighted by Gasteiger charge is -2.22. The number of rotatable bonds is 5. The SMILES string of the molecule is Cc1[nH]nc2ccc3nc(-c4ccc(C(=O)NCCN(C)C)cc4F)c4c(c3c12)C1CCC4C1. The highest BCUT2D eigenvalue weighted by atomic mass is 19.1. The fraction of sp³-hybridized carbons (Fsp3) is 0.370. The van der Waals surface area contributed by atoms with Gasteiger partial charge in [0.15, 0.2) is 0 Å². The van der Waals surface area contributed by atoms with Gasteiger partial charge < -0.3 is 10.2 Å². The number of nitrogens with zero attached hydrogens (tertiary/aromatic N) is 3. The van der Waals surface area contributed by atoms with E-state index >= 15 is 4.39 Å². The fourth-order valence-electron chi connectivity index (χ4n) is 5.95. The van der Waals surface area contributed by atoms with Crippen LogP contribution in [0.2, 0.25) is 0 Å². The van der Waals surface area contributed by atoms with E-state index in [4.69, 9.17) is 4.98 Å². The van der Waals surface area contributed by atoms with Crippen molar-refractivity contribution in [3.63, 3.8) is 0 Å². The number of benzene rings is 2. The number of likely N-dealkylation sites (N-methyl/N-ethyl adjacent to an activating group) is 1. The summed E-state index contributed by atoms with van der Waals surface area (Å²) < 4.78 is 15.5. The molecule has 34 heavy (non-hydrogen) atoms. The first kappa shape index (κ1) is 21.2. The Labute approximate surface area is 197 Å². The van der Waals surface area contributed by atoms with Crippen LogP contribution in [-0.4, -0.2) is 53.2 Å². The van der Waals surface area contributed by atoms with E-state index in [2.05, 4.69) is 15.5 Å². The maximum Gasteiger partial charge on any atom is 0.251 e. The van der Waals surface area contributed by atoms with Gasteiger partial charge in [-0.25, -0.2) is 9.37 Å². The average molecular weight is 458 g/mol. The molecule has 2 aromatic heterocycles. The van der Waals surface area contributed by atoms with Crippen molar-refractivity contribution < 1.29 is 9.18 Å². The van der Waals surface area contributed by atoms with Gasteiger partial charge in [-0.15, -0.1) is 0 Å². The number of pyridine rings is 1. The van der Waals surface area contributed by atoms with Gasteiger partial charge >= 0.3 is 0 Å². The van der Waals surface area contributed by atoms with Gasteiger partial charge in [-0.05, 0) is 93.6 Å². The first-order valence-electron chi connectivity index (χ1n) is 12.0. The lowest BCUT2D eigenvalue weighted by molar-refractivity contribution is 0.0950. The zero-order chi connectivity index (χ0) is 23.6. The normalized spacial score (nSPS) is 18.9. The van der Waals surface area contributed by atoms with Gasteiger partial charge in [0, 0.05) is 40.7 Å². The molecule has 1 saturated carbocycles. The topological polar surface area (TPSA) is 73.9 Å². The van der Waals surface area contributed by atoms with Crippen LogP contribution in [0.1, 0.15) is 58.3 Å². The number of aromatic amines is 1. The van der Waals surface area contributed by atoms with E-state index in [1.54, 1.807) is 12.1 Å². The molecule has 1 amide bonds. The Kier molecular flexibility index (Phi) is 4.92. The minimum atomic E-state index is -0.405. The van der Waals surface area contributed by atoms with E-state index in [-0.39, 0.29) is 5.91 Å². The van der Waals surface area contributed by atoms with Crippen molar-refractivity contribution in [3.8, 4) is 11.3 Å². The molecule has 2 aliphatic rings. The van der Waals surface area contributed by atoms with Crippen LogP contribution in [0.3, 0.4) is 0 Å². The summed E-state index contributed by atoms with van der Waals surface area (Å²) in [5, 5.41) is 12.7. The highest BCUT2D eigenvalue weighted by Gasteiger charge is 2.41. The van der Waals surface area contributed by atoms with Crippen molar-refractivity contribution in [2.75, 3.05) is 27.2 Å². The summed E-state index contributed by atoms with van der Waals surface area (Å²) in [4.78, 5) is 19.5. The molecule has 6 rings (SSSR count). The molecule has 4 aromatic rings. The molecule has 2 bridgehead atoms. The third kappa shape index (κ3) is 3.21. The van der Waals surface area contributed by atoms with Crippen LogP contribution in [0.5, 0.6) is 0 Å². The molecule has 1 fully saturated rings. The molecule has 0 saturated heterocycles. The Balaban J connectivity index is 1.47. The van der Waals surface area contributed by atoms with Crippen LogP contribution in [0.25, 0.3) is 33.1 Å². The van der Waals surface area contributed by atoms with Crippen LogP contribution < -0.4 is 5.32 Å². The second kappa shape index (κ2) is 7.87. The zero-order valence-electron chi connectivity index (χ0n) is 19.7. The van der Waals surface area contributed by atoms with E-state index in [1.165, 1.54) is 22.6 Å². The van der Waals surface area contributed by atoms with Gasteiger partial charge in [-0.3, -0.25) is 9.89 Å². The molecule has 0 radical (unpaired) electrons. The fourth-order valence-corrected chi connectivity index (χ4v) is 5.95. The van der Waals surface area contributed by atoms with E-state index in [9.17, 15) is 4.79 Å². The Morgan fingerprint density at radius 1 is 1.12 bits per heavy atom. The number of amides is 1. The quantitative estimate of drug-likeness (QED) is 0.448. The first-order valence-corrected chi connectivity index (χ1v) is 12.0. The summed E-state index contributed by atoms with van der Waals surface area (Å²) in [6, 6.07) is 8.75. The van der Waals surface area contributed by atoms with Crippen molar-refractivity contribution in [3.05, 3.63) is 58.5 Å². The number of fused-ring (bicyclic) bond motifs is 9. The summed E-state index contributed by atoms with van der Waals surface area (Å²) >= 11 is 0. The average Bonchev–Trinajstić information content (AvgIpc) is 3.53. The number of aromatic nitrogens is 3. The summed E-state index contributed by atoms with van der Waals surface area (Å²) in [5.74, 6) is 0.218. The van der Waals surface area contributed by atoms with Crippen LogP contribution in [-0.2, 0) is 0 Å². The number of nitrogens with one attached hydrogen (secondary N) is 2. The molecule has 6 nitrogen and oxygen atoms in total. The molecule has 0 spiro atoms. The predicted molar refractivity (Wildman–Crippen MR) is 132 cm³/mol. The van der Waals surface area contributed by atoms with Gasteiger partial charge in [0.05, 0.1) is 16.7 Å². The number of H-pyrrole nitrogens is 1. The number of carbonyl (C=O) groups excluding carboxylic acids is 1. The second-order valence-corrected chi connectivity index (χ2v) is 9.95. The van der Waals surface area contributed by atoms with Gasteiger partial charge in [-0.2, -0.15) is 5.10 Å². The predicted octanol–water partition coefficient (Wildman–Crippen LogP) is 4.88. The summed E-state index contributed by atoms with van der Waals surface area (Å²) in [5.41, 5.74) is 6.91. The van der Waals surface area contributed by atoms with Crippen LogP contribution in [0.15, 0.2) is 30.3 Å². The number of hydrogen-bond acceptors (Lipinski definition) is 4. The van der Waals surface area contributed by atoms with E-state index in [0.29, 0.717) is 29.5 Å². The first-order chi connectivity index (χ1) is 16.4. The smallest absolute Gasteiger partial charge is 0.251 e. The zero-order valence-corrected chi connectivity index (χ0v) is 19.7. The van der Waals surface area contributed by atoms with Crippen molar-refractivity contribution >= 4 is 27.7 Å². The molecule has 2 heterocycles. The van der Waals surface area contributed by atoms with Crippen molar-refractivity contribution in [1.82, 2.24) is 25.4 Å². The van der Waals surface area contributed by atoms with Crippen molar-refractivity contribution in [2.24, 2.45) is 0 Å². The molecular weight excluding hydrogens is 429 g/mol. The Bertz CT molecular complexity index is 1460. The summed E-state index contributed by atoms with van der Waals surface area (Å²) in [7, 11) is 3.89. The maximum atomic E-state index is 15.5. The minimum Gasteiger partial charge on any atom is -0.351 e. The number of aryl methyl sites for hydroxylation is 1. The minimum absolute atomic E-state index is 0.263. The molecule has 2 unspecified atom stereocenters. The molecule has 0 aliphatic heterocycles. The lowest BCUT2D eigenvalue weighted by Crippen LogP contribution is -2.31. The largest absolute Gasteiger partial charge is 0.351 e. The van der Waals surface area contributed by atoms with Crippen LogP contribution >= 0.6 is 0 Å². The molecule has 174 valence electrons. The highest BCUT2D eigenvalue weighted by Crippen LogP contribution is 2.58. The molecule has 2 N–H and O–H groups in total. The molecule has 7 heteroatoms. The number of carbonyl (C=O) groups is 1.